The quantitative estimate of drug-likeness (QED) is 0.198. The summed E-state index contributed by atoms with van der Waals surface area (Å²) < 4.78 is 75.9. The summed E-state index contributed by atoms with van der Waals surface area (Å²) in [6.45, 7) is 2.84. The first-order chi connectivity index (χ1) is 16.0. The number of aromatic amines is 1. The average Bonchev–Trinajstić information content (AvgIpc) is 2.93. The number of esters is 1. The lowest BCUT2D eigenvalue weighted by molar-refractivity contribution is -0.199. The number of hydrogen-bond donors (Lipinski definition) is 1. The van der Waals surface area contributed by atoms with Crippen LogP contribution in [0.2, 0.25) is 0 Å². The molecule has 0 radical (unpaired) electrons. The summed E-state index contributed by atoms with van der Waals surface area (Å²) in [4.78, 5) is 38.2. The second-order valence-electron chi connectivity index (χ2n) is 8.29. The van der Waals surface area contributed by atoms with Crippen LogP contribution in [-0.4, -0.2) is 82.0 Å². The van der Waals surface area contributed by atoms with E-state index in [-0.39, 0.29) is 6.61 Å². The molecule has 1 aliphatic heterocycles. The van der Waals surface area contributed by atoms with Crippen LogP contribution in [0.15, 0.2) is 21.9 Å². The van der Waals surface area contributed by atoms with Crippen molar-refractivity contribution in [2.24, 2.45) is 0 Å². The number of aromatic nitrogens is 2. The van der Waals surface area contributed by atoms with Gasteiger partial charge in [0.1, 0.15) is 18.8 Å². The highest BCUT2D eigenvalue weighted by atomic mass is 32.2. The first kappa shape index (κ1) is 29.1. The second-order valence-corrected chi connectivity index (χ2v) is 11.6. The molecule has 1 aromatic heterocycles. The van der Waals surface area contributed by atoms with Crippen LogP contribution in [0.5, 0.6) is 0 Å². The van der Waals surface area contributed by atoms with Gasteiger partial charge in [-0.15, -0.1) is 0 Å². The molecule has 0 saturated carbocycles. The lowest BCUT2D eigenvalue weighted by Gasteiger charge is -2.42. The number of hydrogen-bond acceptors (Lipinski definition) is 12. The summed E-state index contributed by atoms with van der Waals surface area (Å²) in [6.07, 6.45) is 0.949. The molecule has 1 aliphatic rings. The van der Waals surface area contributed by atoms with E-state index in [1.807, 2.05) is 11.9 Å². The first-order valence-corrected chi connectivity index (χ1v) is 14.2. The number of carbonyl (C=O) groups excluding carboxylic acids is 1. The highest BCUT2D eigenvalue weighted by molar-refractivity contribution is 7.86. The van der Waals surface area contributed by atoms with Crippen LogP contribution in [-0.2, 0) is 47.6 Å². The lowest BCUT2D eigenvalue weighted by atomic mass is 9.82. The van der Waals surface area contributed by atoms with Crippen molar-refractivity contribution >= 4 is 26.2 Å². The highest BCUT2D eigenvalue weighted by Gasteiger charge is 2.68. The summed E-state index contributed by atoms with van der Waals surface area (Å²) in [5.74, 6) is -0.796. The first-order valence-electron chi connectivity index (χ1n) is 10.5. The third-order valence-electron chi connectivity index (χ3n) is 5.38. The number of unbranched alkanes of at least 4 members (excludes halogenated alkanes) is 1. The van der Waals surface area contributed by atoms with E-state index in [1.165, 1.54) is 6.92 Å². The van der Waals surface area contributed by atoms with Gasteiger partial charge < -0.3 is 14.2 Å². The van der Waals surface area contributed by atoms with E-state index in [9.17, 15) is 31.2 Å². The highest BCUT2D eigenvalue weighted by Crippen LogP contribution is 2.49. The average molecular weight is 543 g/mol. The van der Waals surface area contributed by atoms with Crippen molar-refractivity contribution in [3.05, 3.63) is 33.1 Å². The molecule has 16 heteroatoms. The molecule has 1 saturated heterocycles. The Morgan fingerprint density at radius 1 is 1.14 bits per heavy atom. The molecule has 1 N–H and O–H groups in total. The molecular formula is C19H30N2O12S2. The van der Waals surface area contributed by atoms with Crippen molar-refractivity contribution in [2.45, 2.75) is 57.1 Å². The van der Waals surface area contributed by atoms with Crippen LogP contribution < -0.4 is 11.2 Å². The van der Waals surface area contributed by atoms with E-state index in [0.29, 0.717) is 12.8 Å². The zero-order valence-electron chi connectivity index (χ0n) is 20.0. The third kappa shape index (κ3) is 7.20. The molecule has 0 unspecified atom stereocenters. The Hall–Kier alpha value is -2.11. The fraction of sp³-hybridized carbons (Fsp3) is 0.737. The molecule has 0 bridgehead atoms. The van der Waals surface area contributed by atoms with Gasteiger partial charge in [0.05, 0.1) is 12.5 Å². The molecule has 2 rings (SSSR count). The number of nitrogens with one attached hydrogen (secondary N) is 1. The standard InChI is InChI=1S/C19H30N2O12S2/c1-6-7-10-29-18(3)15(32-13(2)22)16(21-9-8-14(23)20-17(21)24)33-19(18,11-30-34(4,25)26)12-31-35(5,27)28/h8-9,15-16H,6-7,10-12H2,1-5H3,(H,20,23,24)/t15-,16+,18+/m0/s1. The summed E-state index contributed by atoms with van der Waals surface area (Å²) in [6, 6.07) is 1.02. The number of rotatable bonds is 12. The number of carbonyl (C=O) groups is 1. The molecule has 35 heavy (non-hydrogen) atoms. The van der Waals surface area contributed by atoms with Gasteiger partial charge in [-0.1, -0.05) is 13.3 Å². The van der Waals surface area contributed by atoms with Gasteiger partial charge in [0.2, 0.25) is 0 Å². The van der Waals surface area contributed by atoms with Crippen molar-refractivity contribution in [2.75, 3.05) is 32.3 Å². The predicted octanol–water partition coefficient (Wildman–Crippen LogP) is -0.736. The Kier molecular flexibility index (Phi) is 9.05. The zero-order chi connectivity index (χ0) is 26.7. The van der Waals surface area contributed by atoms with Gasteiger partial charge in [-0.25, -0.2) is 4.79 Å². The van der Waals surface area contributed by atoms with E-state index in [1.54, 1.807) is 0 Å². The van der Waals surface area contributed by atoms with Crippen molar-refractivity contribution in [1.82, 2.24) is 9.55 Å². The van der Waals surface area contributed by atoms with Gasteiger partial charge in [0.25, 0.3) is 25.8 Å². The monoisotopic (exact) mass is 542 g/mol. The van der Waals surface area contributed by atoms with Crippen LogP contribution in [0.1, 0.15) is 39.8 Å². The van der Waals surface area contributed by atoms with E-state index in [2.05, 4.69) is 0 Å². The Morgan fingerprint density at radius 2 is 1.71 bits per heavy atom. The SMILES string of the molecule is CCCCO[C@]1(C)[C@@H](OC(C)=O)[C@H](n2ccc(=O)[nH]c2=O)OC1(COS(C)(=O)=O)COS(C)(=O)=O. The topological polar surface area (TPSA) is 186 Å². The van der Waals surface area contributed by atoms with Crippen LogP contribution in [0, 0.1) is 0 Å². The van der Waals surface area contributed by atoms with E-state index >= 15 is 0 Å². The number of nitrogens with zero attached hydrogens (tertiary/aromatic N) is 1. The van der Waals surface area contributed by atoms with Gasteiger partial charge in [-0.2, -0.15) is 16.8 Å². The molecule has 2 heterocycles. The van der Waals surface area contributed by atoms with Crippen molar-refractivity contribution in [3.8, 4) is 0 Å². The van der Waals surface area contributed by atoms with Gasteiger partial charge in [-0.3, -0.25) is 27.5 Å². The minimum absolute atomic E-state index is 0.0703. The Morgan fingerprint density at radius 3 is 2.17 bits per heavy atom. The zero-order valence-corrected chi connectivity index (χ0v) is 21.6. The largest absolute Gasteiger partial charge is 0.454 e. The van der Waals surface area contributed by atoms with Crippen molar-refractivity contribution in [3.63, 3.8) is 0 Å². The number of ether oxygens (including phenoxy) is 3. The Bertz CT molecular complexity index is 1200. The minimum Gasteiger partial charge on any atom is -0.454 e. The second kappa shape index (κ2) is 10.9. The summed E-state index contributed by atoms with van der Waals surface area (Å²) in [5.41, 5.74) is -5.45. The van der Waals surface area contributed by atoms with E-state index < -0.39 is 74.2 Å². The molecule has 1 fully saturated rings. The van der Waals surface area contributed by atoms with Gasteiger partial charge >= 0.3 is 11.7 Å². The molecule has 3 atom stereocenters. The van der Waals surface area contributed by atoms with E-state index in [4.69, 9.17) is 22.6 Å². The molecule has 0 amide bonds. The lowest BCUT2D eigenvalue weighted by Crippen LogP contribution is -2.62. The summed E-state index contributed by atoms with van der Waals surface area (Å²) >= 11 is 0. The van der Waals surface area contributed by atoms with Crippen LogP contribution in [0.4, 0.5) is 0 Å². The maximum atomic E-state index is 12.6. The van der Waals surface area contributed by atoms with Crippen molar-refractivity contribution < 1.29 is 44.2 Å². The number of H-pyrrole nitrogens is 1. The van der Waals surface area contributed by atoms with Crippen molar-refractivity contribution in [1.29, 1.82) is 0 Å². The van der Waals surface area contributed by atoms with Crippen LogP contribution in [0.25, 0.3) is 0 Å². The van der Waals surface area contributed by atoms with Gasteiger partial charge in [-0.05, 0) is 13.3 Å². The molecule has 0 aliphatic carbocycles. The van der Waals surface area contributed by atoms with Crippen LogP contribution in [0.3, 0.4) is 0 Å². The van der Waals surface area contributed by atoms with Gasteiger partial charge in [0, 0.05) is 25.8 Å². The van der Waals surface area contributed by atoms with Gasteiger partial charge in [0.15, 0.2) is 17.9 Å². The maximum absolute atomic E-state index is 12.6. The third-order valence-corrected chi connectivity index (χ3v) is 6.48. The van der Waals surface area contributed by atoms with Crippen LogP contribution >= 0.6 is 0 Å². The fourth-order valence-corrected chi connectivity index (χ4v) is 4.37. The molecular weight excluding hydrogens is 512 g/mol. The molecule has 0 spiro atoms. The molecule has 200 valence electrons. The summed E-state index contributed by atoms with van der Waals surface area (Å²) in [7, 11) is -8.16. The Labute approximate surface area is 202 Å². The predicted molar refractivity (Wildman–Crippen MR) is 121 cm³/mol. The normalized spacial score (nSPS) is 24.4. The van der Waals surface area contributed by atoms with E-state index in [0.717, 1.165) is 36.3 Å². The maximum Gasteiger partial charge on any atom is 0.330 e. The summed E-state index contributed by atoms with van der Waals surface area (Å²) in [5, 5.41) is 0. The Balaban J connectivity index is 2.76. The minimum atomic E-state index is -4.08. The fourth-order valence-electron chi connectivity index (χ4n) is 3.56. The molecule has 0 aromatic carbocycles. The molecule has 14 nitrogen and oxygen atoms in total. The smallest absolute Gasteiger partial charge is 0.330 e. The molecule has 1 aromatic rings.